The molecule has 1 fully saturated rings. The summed E-state index contributed by atoms with van der Waals surface area (Å²) in [5.74, 6) is -0.384. The highest BCUT2D eigenvalue weighted by Crippen LogP contribution is 2.23. The van der Waals surface area contributed by atoms with Crippen LogP contribution in [0.25, 0.3) is 0 Å². The summed E-state index contributed by atoms with van der Waals surface area (Å²) < 4.78 is 5.03. The van der Waals surface area contributed by atoms with Gasteiger partial charge in [0.15, 0.2) is 0 Å². The van der Waals surface area contributed by atoms with Gasteiger partial charge in [-0.15, -0.1) is 0 Å². The molecule has 1 aliphatic rings. The normalized spacial score (nSPS) is 27.2. The first kappa shape index (κ1) is 21.9. The van der Waals surface area contributed by atoms with Crippen molar-refractivity contribution in [1.29, 1.82) is 0 Å². The molecule has 0 spiro atoms. The van der Waals surface area contributed by atoms with Gasteiger partial charge < -0.3 is 10.1 Å². The summed E-state index contributed by atoms with van der Waals surface area (Å²) >= 11 is 0. The fourth-order valence-electron chi connectivity index (χ4n) is 3.77. The number of nitrogens with one attached hydrogen (secondary N) is 1. The lowest BCUT2D eigenvalue weighted by molar-refractivity contribution is -0.524. The topological polar surface area (TPSA) is 81.5 Å². The quantitative estimate of drug-likeness (QED) is 0.456. The number of hydrogen-bond donors (Lipinski definition) is 1. The third-order valence-corrected chi connectivity index (χ3v) is 5.31. The first-order chi connectivity index (χ1) is 12.1. The number of carbonyl (C=O) groups excluding carboxylic acids is 1. The number of nitrogens with zero attached hydrogens (tertiary/aromatic N) is 1. The molecule has 0 aromatic rings. The molecule has 3 atom stereocenters. The molecule has 1 aliphatic carbocycles. The zero-order valence-corrected chi connectivity index (χ0v) is 16.0. The van der Waals surface area contributed by atoms with Crippen LogP contribution in [0.15, 0.2) is 0 Å². The van der Waals surface area contributed by atoms with Crippen LogP contribution in [0.4, 0.5) is 0 Å². The Balaban J connectivity index is 2.83. The zero-order chi connectivity index (χ0) is 18.5. The van der Waals surface area contributed by atoms with Crippen molar-refractivity contribution >= 4 is 5.97 Å². The maximum atomic E-state index is 12.3. The summed E-state index contributed by atoms with van der Waals surface area (Å²) in [4.78, 5) is 23.6. The number of methoxy groups -OCH3 is 1. The maximum absolute atomic E-state index is 12.3. The predicted octanol–water partition coefficient (Wildman–Crippen LogP) is 4.09. The van der Waals surface area contributed by atoms with Crippen LogP contribution in [0.1, 0.15) is 84.0 Å². The Morgan fingerprint density at radius 3 is 2.20 bits per heavy atom. The van der Waals surface area contributed by atoms with Crippen molar-refractivity contribution in [1.82, 2.24) is 5.32 Å². The van der Waals surface area contributed by atoms with E-state index in [4.69, 9.17) is 4.74 Å². The van der Waals surface area contributed by atoms with Gasteiger partial charge in [-0.05, 0) is 32.2 Å². The highest BCUT2D eigenvalue weighted by Gasteiger charge is 2.30. The largest absolute Gasteiger partial charge is 0.469 e. The van der Waals surface area contributed by atoms with Gasteiger partial charge >= 0.3 is 5.97 Å². The molecule has 1 saturated carbocycles. The molecule has 0 aliphatic heterocycles. The number of esters is 1. The second-order valence-electron chi connectivity index (χ2n) is 7.26. The Hall–Kier alpha value is -1.17. The fourth-order valence-corrected chi connectivity index (χ4v) is 3.77. The van der Waals surface area contributed by atoms with Crippen LogP contribution < -0.4 is 5.32 Å². The van der Waals surface area contributed by atoms with E-state index in [1.165, 1.54) is 20.0 Å². The molecule has 0 radical (unpaired) electrons. The monoisotopic (exact) mass is 356 g/mol. The van der Waals surface area contributed by atoms with Gasteiger partial charge in [0.05, 0.1) is 13.0 Å². The van der Waals surface area contributed by atoms with Crippen LogP contribution in [0.2, 0.25) is 0 Å². The Morgan fingerprint density at radius 1 is 1.04 bits per heavy atom. The summed E-state index contributed by atoms with van der Waals surface area (Å²) in [6, 6.07) is -0.523. The summed E-state index contributed by atoms with van der Waals surface area (Å²) in [6.45, 7) is 2.91. The second kappa shape index (κ2) is 13.1. The van der Waals surface area contributed by atoms with Crippen molar-refractivity contribution < 1.29 is 14.5 Å². The summed E-state index contributed by atoms with van der Waals surface area (Å²) in [7, 11) is 1.43. The molecule has 0 heterocycles. The van der Waals surface area contributed by atoms with E-state index in [0.717, 1.165) is 51.5 Å². The summed E-state index contributed by atoms with van der Waals surface area (Å²) in [5.41, 5.74) is 0. The van der Waals surface area contributed by atoms with Crippen LogP contribution in [0, 0.1) is 16.0 Å². The van der Waals surface area contributed by atoms with Crippen molar-refractivity contribution in [2.45, 2.75) is 96.1 Å². The van der Waals surface area contributed by atoms with Crippen molar-refractivity contribution in [2.24, 2.45) is 5.92 Å². The number of carbonyl (C=O) groups is 1. The number of hydrogen-bond acceptors (Lipinski definition) is 5. The van der Waals surface area contributed by atoms with Crippen molar-refractivity contribution in [3.63, 3.8) is 0 Å². The van der Waals surface area contributed by atoms with Gasteiger partial charge in [-0.2, -0.15) is 0 Å². The molecule has 0 aromatic heterocycles. The predicted molar refractivity (Wildman–Crippen MR) is 99.2 cm³/mol. The molecular formula is C19H36N2O4. The first-order valence-corrected chi connectivity index (χ1v) is 10.0. The Bertz CT molecular complexity index is 390. The number of rotatable bonds is 5. The average Bonchev–Trinajstić information content (AvgIpc) is 2.60. The maximum Gasteiger partial charge on any atom is 0.310 e. The van der Waals surface area contributed by atoms with Gasteiger partial charge in [0, 0.05) is 23.8 Å². The SMILES string of the molecule is CCCNC1CCC([N+](=O)[O-])CCCCCCCCCC1C(=O)OC. The van der Waals surface area contributed by atoms with E-state index >= 15 is 0 Å². The molecule has 0 amide bonds. The van der Waals surface area contributed by atoms with E-state index < -0.39 is 6.04 Å². The van der Waals surface area contributed by atoms with Gasteiger partial charge in [0.2, 0.25) is 6.04 Å². The fraction of sp³-hybridized carbons (Fsp3) is 0.947. The van der Waals surface area contributed by atoms with Crippen molar-refractivity contribution in [3.05, 3.63) is 10.1 Å². The van der Waals surface area contributed by atoms with E-state index in [0.29, 0.717) is 19.3 Å². The second-order valence-corrected chi connectivity index (χ2v) is 7.26. The van der Waals surface area contributed by atoms with E-state index in [9.17, 15) is 14.9 Å². The van der Waals surface area contributed by atoms with Crippen LogP contribution >= 0.6 is 0 Å². The Labute approximate surface area is 152 Å². The van der Waals surface area contributed by atoms with Crippen LogP contribution in [-0.2, 0) is 9.53 Å². The number of nitro groups is 1. The van der Waals surface area contributed by atoms with Crippen molar-refractivity contribution in [2.75, 3.05) is 13.7 Å². The Morgan fingerprint density at radius 2 is 1.64 bits per heavy atom. The van der Waals surface area contributed by atoms with Gasteiger partial charge in [0.1, 0.15) is 0 Å². The van der Waals surface area contributed by atoms with Gasteiger partial charge in [-0.25, -0.2) is 0 Å². The molecule has 146 valence electrons. The van der Waals surface area contributed by atoms with Gasteiger partial charge in [-0.3, -0.25) is 14.9 Å². The molecule has 25 heavy (non-hydrogen) atoms. The van der Waals surface area contributed by atoms with Crippen LogP contribution in [0.3, 0.4) is 0 Å². The van der Waals surface area contributed by atoms with Gasteiger partial charge in [-0.1, -0.05) is 45.4 Å². The molecule has 1 rings (SSSR count). The molecule has 1 N–H and O–H groups in total. The first-order valence-electron chi connectivity index (χ1n) is 10.0. The molecule has 0 aromatic carbocycles. The van der Waals surface area contributed by atoms with E-state index in [1.807, 2.05) is 0 Å². The molecular weight excluding hydrogens is 320 g/mol. The lowest BCUT2D eigenvalue weighted by Crippen LogP contribution is -2.42. The average molecular weight is 357 g/mol. The smallest absolute Gasteiger partial charge is 0.310 e. The third-order valence-electron chi connectivity index (χ3n) is 5.31. The summed E-state index contributed by atoms with van der Waals surface area (Å²) in [5, 5.41) is 14.8. The molecule has 6 heteroatoms. The molecule has 0 bridgehead atoms. The standard InChI is InChI=1S/C19H36N2O4/c1-3-15-20-18-14-13-16(21(23)24)11-9-7-5-4-6-8-10-12-17(18)19(22)25-2/h16-18,20H,3-15H2,1-2H3. The van der Waals surface area contributed by atoms with E-state index in [2.05, 4.69) is 12.2 Å². The van der Waals surface area contributed by atoms with E-state index in [1.54, 1.807) is 0 Å². The minimum absolute atomic E-state index is 0.0298. The number of ether oxygens (including phenoxy) is 1. The summed E-state index contributed by atoms with van der Waals surface area (Å²) in [6.07, 6.45) is 11.3. The van der Waals surface area contributed by atoms with Crippen molar-refractivity contribution in [3.8, 4) is 0 Å². The minimum Gasteiger partial charge on any atom is -0.469 e. The van der Waals surface area contributed by atoms with E-state index in [-0.39, 0.29) is 22.9 Å². The molecule has 6 nitrogen and oxygen atoms in total. The minimum atomic E-state index is -0.493. The lowest BCUT2D eigenvalue weighted by Gasteiger charge is -2.27. The van der Waals surface area contributed by atoms with Crippen LogP contribution in [0.5, 0.6) is 0 Å². The molecule has 3 unspecified atom stereocenters. The highest BCUT2D eigenvalue weighted by atomic mass is 16.6. The van der Waals surface area contributed by atoms with Crippen LogP contribution in [-0.4, -0.2) is 36.6 Å². The zero-order valence-electron chi connectivity index (χ0n) is 16.0. The third kappa shape index (κ3) is 8.66. The highest BCUT2D eigenvalue weighted by molar-refractivity contribution is 5.73. The Kier molecular flexibility index (Phi) is 11.5. The molecule has 0 saturated heterocycles. The lowest BCUT2D eigenvalue weighted by atomic mass is 9.88. The van der Waals surface area contributed by atoms with Gasteiger partial charge in [0.25, 0.3) is 0 Å².